The predicted octanol–water partition coefficient (Wildman–Crippen LogP) is 4.53. The van der Waals surface area contributed by atoms with Gasteiger partial charge in [-0.05, 0) is 57.1 Å². The number of carbonyl (C=O) groups is 2. The van der Waals surface area contributed by atoms with E-state index >= 15 is 0 Å². The van der Waals surface area contributed by atoms with Crippen molar-refractivity contribution in [3.05, 3.63) is 30.1 Å². The molecule has 0 amide bonds. The quantitative estimate of drug-likeness (QED) is 0.396. The first kappa shape index (κ1) is 32.6. The van der Waals surface area contributed by atoms with Crippen LogP contribution in [0.1, 0.15) is 45.1 Å². The van der Waals surface area contributed by atoms with Gasteiger partial charge in [-0.2, -0.15) is 26.3 Å². The second kappa shape index (κ2) is 14.5. The van der Waals surface area contributed by atoms with Crippen molar-refractivity contribution in [2.24, 2.45) is 5.92 Å². The van der Waals surface area contributed by atoms with Crippen LogP contribution in [0.5, 0.6) is 0 Å². The zero-order valence-electron chi connectivity index (χ0n) is 20.5. The maximum atomic E-state index is 10.6. The highest BCUT2D eigenvalue weighted by atomic mass is 19.4. The lowest BCUT2D eigenvalue weighted by Crippen LogP contribution is -2.49. The van der Waals surface area contributed by atoms with Gasteiger partial charge >= 0.3 is 24.3 Å². The number of ether oxygens (including phenoxy) is 2. The molecule has 0 aromatic carbocycles. The van der Waals surface area contributed by atoms with Crippen LogP contribution in [-0.4, -0.2) is 82.3 Å². The highest BCUT2D eigenvalue weighted by Crippen LogP contribution is 2.42. The molecule has 3 heterocycles. The highest BCUT2D eigenvalue weighted by molar-refractivity contribution is 5.73. The van der Waals surface area contributed by atoms with Crippen LogP contribution < -0.4 is 0 Å². The molecule has 2 fully saturated rings. The number of rotatable bonds is 6. The number of carboxylic acid groups (broad SMARTS) is 2. The van der Waals surface area contributed by atoms with E-state index in [0.29, 0.717) is 18.6 Å². The van der Waals surface area contributed by atoms with Crippen molar-refractivity contribution in [3.8, 4) is 0 Å². The Labute approximate surface area is 210 Å². The van der Waals surface area contributed by atoms with Gasteiger partial charge in [0, 0.05) is 44.7 Å². The summed E-state index contributed by atoms with van der Waals surface area (Å²) in [6, 6.07) is 4.67. The number of hydrogen-bond acceptors (Lipinski definition) is 6. The molecule has 8 nitrogen and oxygen atoms in total. The molecule has 2 aliphatic rings. The van der Waals surface area contributed by atoms with E-state index < -0.39 is 24.3 Å². The molecule has 2 N–H and O–H groups in total. The standard InChI is InChI=1S/C19H30N2O2.2C2HF3O2/c1-16(2)21-10-7-19(8-11-21)18(6-13-23-19)5-12-22-15-17-4-3-9-20-14-17;2*3-2(4,5)1(6)7/h3-4,9,14,16,18H,5-8,10-13,15H2,1-2H3;2*(H,6,7). The molecule has 0 aliphatic carbocycles. The number of piperidine rings is 1. The molecule has 212 valence electrons. The lowest BCUT2D eigenvalue weighted by atomic mass is 9.78. The number of aromatic nitrogens is 1. The summed E-state index contributed by atoms with van der Waals surface area (Å²) in [5.74, 6) is -4.86. The van der Waals surface area contributed by atoms with Crippen molar-refractivity contribution in [1.82, 2.24) is 9.88 Å². The van der Waals surface area contributed by atoms with Gasteiger partial charge in [0.25, 0.3) is 0 Å². The molecule has 14 heteroatoms. The van der Waals surface area contributed by atoms with Gasteiger partial charge in [-0.1, -0.05) is 6.07 Å². The van der Waals surface area contributed by atoms with Crippen LogP contribution in [0, 0.1) is 5.92 Å². The number of halogens is 6. The van der Waals surface area contributed by atoms with Gasteiger partial charge in [0.15, 0.2) is 0 Å². The van der Waals surface area contributed by atoms with Crippen molar-refractivity contribution < 1.29 is 55.6 Å². The first-order valence-corrected chi connectivity index (χ1v) is 11.5. The van der Waals surface area contributed by atoms with E-state index in [4.69, 9.17) is 29.3 Å². The Bertz CT molecular complexity index is 803. The van der Waals surface area contributed by atoms with Crippen molar-refractivity contribution in [3.63, 3.8) is 0 Å². The Morgan fingerprint density at radius 3 is 2.11 bits per heavy atom. The third-order valence-electron chi connectivity index (χ3n) is 6.06. The van der Waals surface area contributed by atoms with Crippen molar-refractivity contribution >= 4 is 11.9 Å². The normalized spacial score (nSPS) is 19.5. The van der Waals surface area contributed by atoms with Crippen LogP contribution in [0.4, 0.5) is 26.3 Å². The topological polar surface area (TPSA) is 109 Å². The number of nitrogens with zero attached hydrogens (tertiary/aromatic N) is 2. The number of carboxylic acids is 2. The molecule has 0 saturated carbocycles. The number of pyridine rings is 1. The van der Waals surface area contributed by atoms with Gasteiger partial charge in [0.1, 0.15) is 0 Å². The van der Waals surface area contributed by atoms with Gasteiger partial charge in [-0.3, -0.25) is 4.98 Å². The monoisotopic (exact) mass is 546 g/mol. The third kappa shape index (κ3) is 11.6. The number of aliphatic carboxylic acids is 2. The first-order chi connectivity index (χ1) is 17.1. The van der Waals surface area contributed by atoms with E-state index in [1.165, 1.54) is 32.4 Å². The summed E-state index contributed by atoms with van der Waals surface area (Å²) in [4.78, 5) is 24.5. The summed E-state index contributed by atoms with van der Waals surface area (Å²) in [6.45, 7) is 9.33. The molecule has 1 aromatic heterocycles. The molecule has 0 radical (unpaired) electrons. The van der Waals surface area contributed by atoms with E-state index in [9.17, 15) is 26.3 Å². The maximum Gasteiger partial charge on any atom is 0.490 e. The van der Waals surface area contributed by atoms with Gasteiger partial charge in [-0.15, -0.1) is 0 Å². The van der Waals surface area contributed by atoms with Crippen LogP contribution in [0.3, 0.4) is 0 Å². The molecule has 0 bridgehead atoms. The molecular weight excluding hydrogens is 514 g/mol. The molecule has 1 atom stereocenters. The average Bonchev–Trinajstić information content (AvgIpc) is 3.19. The fourth-order valence-corrected chi connectivity index (χ4v) is 4.06. The van der Waals surface area contributed by atoms with Crippen molar-refractivity contribution in [2.45, 2.75) is 70.1 Å². The second-order valence-corrected chi connectivity index (χ2v) is 8.84. The third-order valence-corrected chi connectivity index (χ3v) is 6.06. The van der Waals surface area contributed by atoms with Gasteiger partial charge in [0.2, 0.25) is 0 Å². The largest absolute Gasteiger partial charge is 0.490 e. The Balaban J connectivity index is 0.000000404. The summed E-state index contributed by atoms with van der Waals surface area (Å²) in [5.41, 5.74) is 1.28. The number of alkyl halides is 6. The molecule has 1 aromatic rings. The van der Waals surface area contributed by atoms with E-state index in [0.717, 1.165) is 25.2 Å². The molecule has 2 aliphatic heterocycles. The van der Waals surface area contributed by atoms with Gasteiger partial charge < -0.3 is 24.6 Å². The molecule has 2 saturated heterocycles. The van der Waals surface area contributed by atoms with E-state index in [2.05, 4.69) is 29.8 Å². The fraction of sp³-hybridized carbons (Fsp3) is 0.696. The summed E-state index contributed by atoms with van der Waals surface area (Å²) in [6.07, 6.45) is -1.83. The van der Waals surface area contributed by atoms with Gasteiger partial charge in [-0.25, -0.2) is 9.59 Å². The van der Waals surface area contributed by atoms with E-state index in [1.54, 1.807) is 6.20 Å². The van der Waals surface area contributed by atoms with Gasteiger partial charge in [0.05, 0.1) is 12.2 Å². The van der Waals surface area contributed by atoms with Crippen LogP contribution in [-0.2, 0) is 25.7 Å². The second-order valence-electron chi connectivity index (χ2n) is 8.84. The molecule has 37 heavy (non-hydrogen) atoms. The highest BCUT2D eigenvalue weighted by Gasteiger charge is 2.46. The van der Waals surface area contributed by atoms with Crippen LogP contribution in [0.25, 0.3) is 0 Å². The van der Waals surface area contributed by atoms with E-state index in [-0.39, 0.29) is 5.60 Å². The molecular formula is C23H32F6N2O6. The van der Waals surface area contributed by atoms with Crippen LogP contribution >= 0.6 is 0 Å². The maximum absolute atomic E-state index is 10.6. The average molecular weight is 547 g/mol. The van der Waals surface area contributed by atoms with Crippen molar-refractivity contribution in [1.29, 1.82) is 0 Å². The number of hydrogen-bond donors (Lipinski definition) is 2. The fourth-order valence-electron chi connectivity index (χ4n) is 4.06. The molecule has 1 unspecified atom stereocenters. The smallest absolute Gasteiger partial charge is 0.475 e. The predicted molar refractivity (Wildman–Crippen MR) is 119 cm³/mol. The molecule has 1 spiro atoms. The zero-order valence-corrected chi connectivity index (χ0v) is 20.5. The van der Waals surface area contributed by atoms with Crippen LogP contribution in [0.2, 0.25) is 0 Å². The Morgan fingerprint density at radius 2 is 1.68 bits per heavy atom. The SMILES string of the molecule is CC(C)N1CCC2(CC1)OCCC2CCOCc1cccnc1.O=C(O)C(F)(F)F.O=C(O)C(F)(F)F. The summed E-state index contributed by atoms with van der Waals surface area (Å²) >= 11 is 0. The minimum Gasteiger partial charge on any atom is -0.475 e. The zero-order chi connectivity index (χ0) is 28.3. The van der Waals surface area contributed by atoms with E-state index in [1.807, 2.05) is 12.3 Å². The Kier molecular flexibility index (Phi) is 12.7. The van der Waals surface area contributed by atoms with Crippen molar-refractivity contribution in [2.75, 3.05) is 26.3 Å². The Hall–Kier alpha value is -2.45. The first-order valence-electron chi connectivity index (χ1n) is 11.5. The number of likely N-dealkylation sites (tertiary alicyclic amines) is 1. The van der Waals surface area contributed by atoms with Crippen LogP contribution in [0.15, 0.2) is 24.5 Å². The Morgan fingerprint density at radius 1 is 1.14 bits per heavy atom. The minimum absolute atomic E-state index is 0.128. The summed E-state index contributed by atoms with van der Waals surface area (Å²) in [7, 11) is 0. The minimum atomic E-state index is -5.08. The lowest BCUT2D eigenvalue weighted by Gasteiger charge is -2.43. The lowest BCUT2D eigenvalue weighted by molar-refractivity contribution is -0.193. The summed E-state index contributed by atoms with van der Waals surface area (Å²) in [5, 5.41) is 14.2. The molecule has 3 rings (SSSR count). The summed E-state index contributed by atoms with van der Waals surface area (Å²) < 4.78 is 75.6.